The van der Waals surface area contributed by atoms with E-state index in [0.29, 0.717) is 11.1 Å². The zero-order valence-electron chi connectivity index (χ0n) is 15.7. The largest absolute Gasteiger partial charge is 0.496 e. The van der Waals surface area contributed by atoms with Crippen molar-refractivity contribution in [2.75, 3.05) is 7.11 Å². The second-order valence-corrected chi connectivity index (χ2v) is 6.50. The second kappa shape index (κ2) is 8.44. The van der Waals surface area contributed by atoms with Crippen molar-refractivity contribution in [2.45, 2.75) is 25.2 Å². The van der Waals surface area contributed by atoms with Crippen LogP contribution in [-0.4, -0.2) is 31.1 Å². The normalized spacial score (nSPS) is 16.1. The summed E-state index contributed by atoms with van der Waals surface area (Å²) in [4.78, 5) is 35.4. The van der Waals surface area contributed by atoms with Gasteiger partial charge in [-0.25, -0.2) is 4.79 Å². The Morgan fingerprint density at radius 3 is 2.37 bits per heavy atom. The van der Waals surface area contributed by atoms with E-state index in [1.165, 1.54) is 31.4 Å². The molecule has 1 unspecified atom stereocenters. The molecule has 1 aliphatic heterocycles. The fourth-order valence-electron chi connectivity index (χ4n) is 2.89. The highest BCUT2D eigenvalue weighted by Crippen LogP contribution is 2.29. The van der Waals surface area contributed by atoms with Crippen molar-refractivity contribution in [1.82, 2.24) is 10.6 Å². The molecule has 158 valence electrons. The van der Waals surface area contributed by atoms with Gasteiger partial charge in [0.2, 0.25) is 0 Å². The topological polar surface area (TPSA) is 93.7 Å². The Balaban J connectivity index is 1.69. The number of nitrogens with one attached hydrogen (secondary N) is 2. The minimum absolute atomic E-state index is 0.00694. The molecule has 2 N–H and O–H groups in total. The van der Waals surface area contributed by atoms with Gasteiger partial charge in [-0.05, 0) is 35.4 Å². The number of imide groups is 1. The third-order valence-corrected chi connectivity index (χ3v) is 4.43. The van der Waals surface area contributed by atoms with Gasteiger partial charge >= 0.3 is 12.3 Å². The molecular weight excluding hydrogens is 405 g/mol. The monoisotopic (exact) mass is 422 g/mol. The van der Waals surface area contributed by atoms with Crippen molar-refractivity contribution in [2.24, 2.45) is 0 Å². The molecule has 7 nitrogen and oxygen atoms in total. The Morgan fingerprint density at radius 2 is 1.80 bits per heavy atom. The molecule has 1 heterocycles. The lowest BCUT2D eigenvalue weighted by atomic mass is 10.0. The van der Waals surface area contributed by atoms with Gasteiger partial charge in [-0.1, -0.05) is 18.2 Å². The predicted molar refractivity (Wildman–Crippen MR) is 97.7 cm³/mol. The number of alkyl carbamates (subject to hydrolysis) is 1. The molecule has 0 bridgehead atoms. The maximum absolute atomic E-state index is 12.6. The molecule has 30 heavy (non-hydrogen) atoms. The summed E-state index contributed by atoms with van der Waals surface area (Å²) in [5, 5.41) is 4.64. The van der Waals surface area contributed by atoms with Crippen LogP contribution in [0, 0.1) is 0 Å². The van der Waals surface area contributed by atoms with Crippen molar-refractivity contribution in [3.8, 4) is 5.75 Å². The summed E-state index contributed by atoms with van der Waals surface area (Å²) >= 11 is 0. The molecule has 3 amide bonds. The van der Waals surface area contributed by atoms with Crippen molar-refractivity contribution >= 4 is 17.9 Å². The van der Waals surface area contributed by atoms with Crippen molar-refractivity contribution in [3.63, 3.8) is 0 Å². The molecule has 10 heteroatoms. The van der Waals surface area contributed by atoms with Gasteiger partial charge in [0.25, 0.3) is 11.8 Å². The quantitative estimate of drug-likeness (QED) is 0.747. The number of carbonyl (C=O) groups is 3. The number of alkyl halides is 3. The van der Waals surface area contributed by atoms with Gasteiger partial charge in [-0.3, -0.25) is 14.9 Å². The zero-order chi connectivity index (χ0) is 21.9. The van der Waals surface area contributed by atoms with Crippen LogP contribution in [0.5, 0.6) is 5.75 Å². The van der Waals surface area contributed by atoms with Gasteiger partial charge < -0.3 is 14.8 Å². The van der Waals surface area contributed by atoms with Crippen LogP contribution >= 0.6 is 0 Å². The number of rotatable bonds is 6. The molecule has 2 aromatic carbocycles. The van der Waals surface area contributed by atoms with E-state index in [2.05, 4.69) is 5.32 Å². The van der Waals surface area contributed by atoms with Gasteiger partial charge in [0.1, 0.15) is 5.75 Å². The fourth-order valence-corrected chi connectivity index (χ4v) is 2.89. The maximum Gasteiger partial charge on any atom is 0.416 e. The molecule has 0 spiro atoms. The van der Waals surface area contributed by atoms with Crippen LogP contribution in [0.3, 0.4) is 0 Å². The van der Waals surface area contributed by atoms with Gasteiger partial charge in [0.15, 0.2) is 6.10 Å². The average Bonchev–Trinajstić information content (AvgIpc) is 3.02. The number of hydrogen-bond acceptors (Lipinski definition) is 5. The number of cyclic esters (lactones) is 1. The molecular formula is C20H17F3N2O5. The first kappa shape index (κ1) is 21.2. The summed E-state index contributed by atoms with van der Waals surface area (Å²) in [6, 6.07) is 9.11. The van der Waals surface area contributed by atoms with Gasteiger partial charge in [0, 0.05) is 13.0 Å². The highest BCUT2D eigenvalue weighted by Gasteiger charge is 2.32. The standard InChI is InChI=1S/C20H17F3N2O5/c1-29-15-7-4-12(9-16-18(27)25-19(28)30-16)8-14(15)17(26)24-10-11-2-5-13(6-3-11)20(21,22)23/h2-8,16H,9-10H2,1H3,(H,24,26)(H,25,27,28). The van der Waals surface area contributed by atoms with E-state index in [9.17, 15) is 27.6 Å². The smallest absolute Gasteiger partial charge is 0.416 e. The second-order valence-electron chi connectivity index (χ2n) is 6.50. The zero-order valence-corrected chi connectivity index (χ0v) is 15.7. The molecule has 2 aromatic rings. The van der Waals surface area contributed by atoms with E-state index in [1.807, 2.05) is 5.32 Å². The van der Waals surface area contributed by atoms with Gasteiger partial charge in [-0.2, -0.15) is 13.2 Å². The number of carbonyl (C=O) groups excluding carboxylic acids is 3. The minimum atomic E-state index is -4.43. The van der Waals surface area contributed by atoms with Crippen LogP contribution in [0.2, 0.25) is 0 Å². The predicted octanol–water partition coefficient (Wildman–Crippen LogP) is 2.82. The number of amides is 3. The Hall–Kier alpha value is -3.56. The Kier molecular flexibility index (Phi) is 5.95. The van der Waals surface area contributed by atoms with Crippen LogP contribution in [0.4, 0.5) is 18.0 Å². The van der Waals surface area contributed by atoms with E-state index in [1.54, 1.807) is 6.07 Å². The molecule has 3 rings (SSSR count). The van der Waals surface area contributed by atoms with E-state index < -0.39 is 35.8 Å². The average molecular weight is 422 g/mol. The fraction of sp³-hybridized carbons (Fsp3) is 0.250. The third-order valence-electron chi connectivity index (χ3n) is 4.43. The first-order valence-corrected chi connectivity index (χ1v) is 8.80. The minimum Gasteiger partial charge on any atom is -0.496 e. The number of halogens is 3. The lowest BCUT2D eigenvalue weighted by Crippen LogP contribution is -2.26. The highest BCUT2D eigenvalue weighted by molar-refractivity contribution is 6.00. The molecule has 0 saturated carbocycles. The van der Waals surface area contributed by atoms with Crippen LogP contribution in [-0.2, 0) is 28.7 Å². The van der Waals surface area contributed by atoms with Crippen molar-refractivity contribution in [3.05, 3.63) is 64.7 Å². The number of hydrogen-bond donors (Lipinski definition) is 2. The van der Waals surface area contributed by atoms with Crippen molar-refractivity contribution in [1.29, 1.82) is 0 Å². The lowest BCUT2D eigenvalue weighted by Gasteiger charge is -2.13. The van der Waals surface area contributed by atoms with Crippen LogP contribution in [0.15, 0.2) is 42.5 Å². The first-order valence-electron chi connectivity index (χ1n) is 8.80. The van der Waals surface area contributed by atoms with Gasteiger partial charge in [0.05, 0.1) is 18.2 Å². The molecule has 0 aromatic heterocycles. The molecule has 0 radical (unpaired) electrons. The Morgan fingerprint density at radius 1 is 1.13 bits per heavy atom. The summed E-state index contributed by atoms with van der Waals surface area (Å²) in [7, 11) is 1.38. The number of methoxy groups -OCH3 is 1. The summed E-state index contributed by atoms with van der Waals surface area (Å²) in [6.45, 7) is 0.00694. The maximum atomic E-state index is 12.6. The Labute approximate surface area is 169 Å². The van der Waals surface area contributed by atoms with Crippen LogP contribution < -0.4 is 15.4 Å². The van der Waals surface area contributed by atoms with E-state index in [0.717, 1.165) is 12.1 Å². The summed E-state index contributed by atoms with van der Waals surface area (Å²) in [5.74, 6) is -0.804. The van der Waals surface area contributed by atoms with Crippen LogP contribution in [0.1, 0.15) is 27.0 Å². The Bertz CT molecular complexity index is 973. The third kappa shape index (κ3) is 4.88. The molecule has 1 atom stereocenters. The summed E-state index contributed by atoms with van der Waals surface area (Å²) in [5.41, 5.74) is 0.446. The first-order chi connectivity index (χ1) is 14.2. The number of benzene rings is 2. The molecule has 1 fully saturated rings. The molecule has 0 aliphatic carbocycles. The summed E-state index contributed by atoms with van der Waals surface area (Å²) in [6.07, 6.45) is -6.18. The van der Waals surface area contributed by atoms with E-state index in [-0.39, 0.29) is 24.3 Å². The highest BCUT2D eigenvalue weighted by atomic mass is 19.4. The lowest BCUT2D eigenvalue weighted by molar-refractivity contribution is -0.137. The van der Waals surface area contributed by atoms with E-state index in [4.69, 9.17) is 9.47 Å². The van der Waals surface area contributed by atoms with Gasteiger partial charge in [-0.15, -0.1) is 0 Å². The van der Waals surface area contributed by atoms with Crippen molar-refractivity contribution < 1.29 is 37.0 Å². The molecule has 1 saturated heterocycles. The summed E-state index contributed by atoms with van der Waals surface area (Å²) < 4.78 is 47.9. The SMILES string of the molecule is COc1ccc(CC2OC(=O)NC2=O)cc1C(=O)NCc1ccc(C(F)(F)F)cc1. The van der Waals surface area contributed by atoms with Crippen LogP contribution in [0.25, 0.3) is 0 Å². The molecule has 1 aliphatic rings. The number of ether oxygens (including phenoxy) is 2. The van der Waals surface area contributed by atoms with E-state index >= 15 is 0 Å².